The van der Waals surface area contributed by atoms with Crippen LogP contribution >= 0.6 is 0 Å². The molecule has 0 aliphatic heterocycles. The highest BCUT2D eigenvalue weighted by molar-refractivity contribution is 7.92. The van der Waals surface area contributed by atoms with E-state index in [4.69, 9.17) is 0 Å². The number of carbonyl (C=O) groups is 1. The largest absolute Gasteiger partial charge is 0.350 e. The summed E-state index contributed by atoms with van der Waals surface area (Å²) in [6.07, 6.45) is 1.73. The van der Waals surface area contributed by atoms with Gasteiger partial charge in [-0.15, -0.1) is 0 Å². The minimum Gasteiger partial charge on any atom is -0.350 e. The maximum absolute atomic E-state index is 12.8. The Morgan fingerprint density at radius 1 is 0.935 bits per heavy atom. The van der Waals surface area contributed by atoms with Gasteiger partial charge in [0.05, 0.1) is 10.6 Å². The quantitative estimate of drug-likeness (QED) is 0.562. The van der Waals surface area contributed by atoms with Crippen molar-refractivity contribution in [3.05, 3.63) is 95.6 Å². The molecule has 1 atom stereocenters. The molecule has 0 radical (unpaired) electrons. The minimum atomic E-state index is -3.66. The molecular formula is C25H28N2O3S. The first-order chi connectivity index (χ1) is 14.8. The molecule has 0 spiro atoms. The van der Waals surface area contributed by atoms with Gasteiger partial charge in [0.15, 0.2) is 0 Å². The fraction of sp³-hybridized carbons (Fsp3) is 0.240. The molecule has 0 fully saturated rings. The van der Waals surface area contributed by atoms with Crippen LogP contribution in [0.25, 0.3) is 0 Å². The molecular weight excluding hydrogens is 408 g/mol. The fourth-order valence-electron chi connectivity index (χ4n) is 3.24. The van der Waals surface area contributed by atoms with Crippen LogP contribution in [0.15, 0.2) is 83.8 Å². The lowest BCUT2D eigenvalue weighted by Crippen LogP contribution is -2.33. The van der Waals surface area contributed by atoms with E-state index in [-0.39, 0.29) is 16.8 Å². The van der Waals surface area contributed by atoms with Gasteiger partial charge in [-0.2, -0.15) is 0 Å². The van der Waals surface area contributed by atoms with Crippen molar-refractivity contribution in [1.29, 1.82) is 0 Å². The summed E-state index contributed by atoms with van der Waals surface area (Å²) >= 11 is 0. The number of aryl methyl sites for hydroxylation is 2. The van der Waals surface area contributed by atoms with Gasteiger partial charge in [0.25, 0.3) is 15.9 Å². The molecule has 3 rings (SSSR count). The van der Waals surface area contributed by atoms with Crippen molar-refractivity contribution in [3.8, 4) is 0 Å². The summed E-state index contributed by atoms with van der Waals surface area (Å²) in [6.45, 7) is 3.89. The Kier molecular flexibility index (Phi) is 7.13. The third-order valence-electron chi connectivity index (χ3n) is 5.26. The van der Waals surface area contributed by atoms with E-state index in [0.717, 1.165) is 18.4 Å². The normalized spacial score (nSPS) is 12.2. The fourth-order valence-corrected chi connectivity index (χ4v) is 4.43. The van der Waals surface area contributed by atoms with E-state index in [1.54, 1.807) is 48.5 Å². The van der Waals surface area contributed by atoms with E-state index < -0.39 is 10.0 Å². The van der Waals surface area contributed by atoms with Crippen LogP contribution in [0.4, 0.5) is 5.69 Å². The Balaban J connectivity index is 1.62. The summed E-state index contributed by atoms with van der Waals surface area (Å²) in [5, 5.41) is 3.01. The van der Waals surface area contributed by atoms with Gasteiger partial charge in [-0.1, -0.05) is 48.0 Å². The Hall–Kier alpha value is -3.12. The minimum absolute atomic E-state index is 0.0250. The second-order valence-corrected chi connectivity index (χ2v) is 9.70. The van der Waals surface area contributed by atoms with E-state index in [1.165, 1.54) is 16.9 Å². The van der Waals surface area contributed by atoms with E-state index in [9.17, 15) is 13.2 Å². The number of sulfonamides is 1. The molecule has 31 heavy (non-hydrogen) atoms. The molecule has 0 bridgehead atoms. The summed E-state index contributed by atoms with van der Waals surface area (Å²) in [7, 11) is -2.15. The molecule has 0 aromatic heterocycles. The molecule has 1 N–H and O–H groups in total. The highest BCUT2D eigenvalue weighted by Crippen LogP contribution is 2.22. The topological polar surface area (TPSA) is 66.5 Å². The van der Waals surface area contributed by atoms with Crippen LogP contribution in [0, 0.1) is 6.92 Å². The first kappa shape index (κ1) is 22.6. The summed E-state index contributed by atoms with van der Waals surface area (Å²) < 4.78 is 26.9. The number of anilines is 1. The SMILES string of the molecule is Cc1ccc(S(=O)(=O)N(C)c2ccc(C(=O)N[C@H](C)CCc3ccccc3)cc2)cc1. The van der Waals surface area contributed by atoms with E-state index >= 15 is 0 Å². The summed E-state index contributed by atoms with van der Waals surface area (Å²) in [5.74, 6) is -0.170. The predicted molar refractivity (Wildman–Crippen MR) is 125 cm³/mol. The van der Waals surface area contributed by atoms with Crippen LogP contribution in [0.1, 0.15) is 34.8 Å². The Morgan fingerprint density at radius 2 is 1.55 bits per heavy atom. The number of hydrogen-bond acceptors (Lipinski definition) is 3. The monoisotopic (exact) mass is 436 g/mol. The second-order valence-electron chi connectivity index (χ2n) is 7.73. The smallest absolute Gasteiger partial charge is 0.264 e. The maximum Gasteiger partial charge on any atom is 0.264 e. The second kappa shape index (κ2) is 9.79. The first-order valence-corrected chi connectivity index (χ1v) is 11.7. The molecule has 0 aliphatic rings. The highest BCUT2D eigenvalue weighted by atomic mass is 32.2. The zero-order chi connectivity index (χ0) is 22.4. The zero-order valence-electron chi connectivity index (χ0n) is 18.1. The van der Waals surface area contributed by atoms with Crippen LogP contribution in [0.5, 0.6) is 0 Å². The molecule has 0 saturated heterocycles. The number of amides is 1. The van der Waals surface area contributed by atoms with Crippen molar-refractivity contribution >= 4 is 21.6 Å². The molecule has 6 heteroatoms. The van der Waals surface area contributed by atoms with Crippen molar-refractivity contribution in [1.82, 2.24) is 5.32 Å². The molecule has 162 valence electrons. The van der Waals surface area contributed by atoms with E-state index in [0.29, 0.717) is 11.3 Å². The predicted octanol–water partition coefficient (Wildman–Crippen LogP) is 4.57. The average molecular weight is 437 g/mol. The van der Waals surface area contributed by atoms with Gasteiger partial charge in [-0.05, 0) is 68.7 Å². The molecule has 0 unspecified atom stereocenters. The first-order valence-electron chi connectivity index (χ1n) is 10.3. The number of benzene rings is 3. The van der Waals surface area contributed by atoms with Crippen LogP contribution in [0.2, 0.25) is 0 Å². The number of nitrogens with one attached hydrogen (secondary N) is 1. The van der Waals surface area contributed by atoms with Crippen molar-refractivity contribution in [3.63, 3.8) is 0 Å². The molecule has 0 heterocycles. The molecule has 0 saturated carbocycles. The van der Waals surface area contributed by atoms with Gasteiger partial charge in [0.2, 0.25) is 0 Å². The van der Waals surface area contributed by atoms with Crippen LogP contribution in [-0.4, -0.2) is 27.4 Å². The number of hydrogen-bond donors (Lipinski definition) is 1. The molecule has 5 nitrogen and oxygen atoms in total. The van der Waals surface area contributed by atoms with Crippen LogP contribution < -0.4 is 9.62 Å². The van der Waals surface area contributed by atoms with Crippen molar-refractivity contribution < 1.29 is 13.2 Å². The van der Waals surface area contributed by atoms with Gasteiger partial charge in [0.1, 0.15) is 0 Å². The number of nitrogens with zero attached hydrogens (tertiary/aromatic N) is 1. The van der Waals surface area contributed by atoms with E-state index in [1.807, 2.05) is 32.0 Å². The number of carbonyl (C=O) groups excluding carboxylic acids is 1. The lowest BCUT2D eigenvalue weighted by Gasteiger charge is -2.20. The van der Waals surface area contributed by atoms with Crippen LogP contribution in [0.3, 0.4) is 0 Å². The molecule has 3 aromatic carbocycles. The average Bonchev–Trinajstić information content (AvgIpc) is 2.78. The van der Waals surface area contributed by atoms with Gasteiger partial charge in [-0.25, -0.2) is 8.42 Å². The van der Waals surface area contributed by atoms with Gasteiger partial charge in [0, 0.05) is 18.7 Å². The van der Waals surface area contributed by atoms with E-state index in [2.05, 4.69) is 17.4 Å². The molecule has 1 amide bonds. The van der Waals surface area contributed by atoms with Crippen molar-refractivity contribution in [2.24, 2.45) is 0 Å². The standard InChI is InChI=1S/C25H28N2O3S/c1-19-9-17-24(18-10-19)31(29,30)27(3)23-15-13-22(14-16-23)25(28)26-20(2)11-12-21-7-5-4-6-8-21/h4-10,13-18,20H,11-12H2,1-3H3,(H,26,28)/t20-/m1/s1. The van der Waals surface area contributed by atoms with Crippen molar-refractivity contribution in [2.45, 2.75) is 37.6 Å². The number of rotatable bonds is 8. The summed E-state index contributed by atoms with van der Waals surface area (Å²) in [5.41, 5.74) is 3.23. The highest BCUT2D eigenvalue weighted by Gasteiger charge is 2.21. The Labute approximate surface area is 184 Å². The molecule has 3 aromatic rings. The lowest BCUT2D eigenvalue weighted by molar-refractivity contribution is 0.0938. The summed E-state index contributed by atoms with van der Waals surface area (Å²) in [4.78, 5) is 12.8. The van der Waals surface area contributed by atoms with Gasteiger partial charge >= 0.3 is 0 Å². The Bertz CT molecular complexity index is 1110. The van der Waals surface area contributed by atoms with Crippen molar-refractivity contribution in [2.75, 3.05) is 11.4 Å². The zero-order valence-corrected chi connectivity index (χ0v) is 18.9. The Morgan fingerprint density at radius 3 is 2.16 bits per heavy atom. The van der Waals surface area contributed by atoms with Crippen LogP contribution in [-0.2, 0) is 16.4 Å². The lowest BCUT2D eigenvalue weighted by atomic mass is 10.1. The molecule has 0 aliphatic carbocycles. The summed E-state index contributed by atoms with van der Waals surface area (Å²) in [6, 6.07) is 23.5. The maximum atomic E-state index is 12.8. The van der Waals surface area contributed by atoms with Gasteiger partial charge < -0.3 is 5.32 Å². The third-order valence-corrected chi connectivity index (χ3v) is 7.06. The van der Waals surface area contributed by atoms with Gasteiger partial charge in [-0.3, -0.25) is 9.10 Å². The third kappa shape index (κ3) is 5.73.